The number of rotatable bonds is 2. The number of benzene rings is 1. The molecule has 3 nitrogen and oxygen atoms in total. The van der Waals surface area contributed by atoms with E-state index >= 15 is 0 Å². The summed E-state index contributed by atoms with van der Waals surface area (Å²) in [7, 11) is 0. The van der Waals surface area contributed by atoms with Crippen LogP contribution in [0.15, 0.2) is 18.2 Å². The molecule has 3 rings (SSSR count). The maximum atomic E-state index is 6.47. The molecule has 1 aromatic rings. The Bertz CT molecular complexity index is 446. The number of hydrogen-bond acceptors (Lipinski definition) is 3. The van der Waals surface area contributed by atoms with Gasteiger partial charge in [0.05, 0.1) is 13.2 Å². The highest BCUT2D eigenvalue weighted by atomic mass is 16.5. The van der Waals surface area contributed by atoms with Crippen molar-refractivity contribution in [2.24, 2.45) is 17.6 Å². The van der Waals surface area contributed by atoms with Crippen LogP contribution in [0.25, 0.3) is 0 Å². The zero-order valence-electron chi connectivity index (χ0n) is 11.6. The molecule has 1 heterocycles. The Morgan fingerprint density at radius 1 is 1.11 bits per heavy atom. The molecule has 0 saturated heterocycles. The standard InChI is InChI=1S/C16H23NO2/c1-11-4-2-5-13(11)16(17)12-6-7-14-15(10-12)19-9-3-8-18-14/h6-7,10-11,13,16H,2-5,8-9,17H2,1H3. The van der Waals surface area contributed by atoms with E-state index in [4.69, 9.17) is 15.2 Å². The first-order chi connectivity index (χ1) is 9.25. The van der Waals surface area contributed by atoms with Crippen LogP contribution in [0.3, 0.4) is 0 Å². The molecule has 3 unspecified atom stereocenters. The van der Waals surface area contributed by atoms with Crippen molar-refractivity contribution < 1.29 is 9.47 Å². The minimum absolute atomic E-state index is 0.120. The van der Waals surface area contributed by atoms with Gasteiger partial charge in [-0.2, -0.15) is 0 Å². The lowest BCUT2D eigenvalue weighted by molar-refractivity contribution is 0.296. The molecular formula is C16H23NO2. The first-order valence-corrected chi connectivity index (χ1v) is 7.41. The summed E-state index contributed by atoms with van der Waals surface area (Å²) in [5.41, 5.74) is 7.65. The van der Waals surface area contributed by atoms with Gasteiger partial charge in [-0.3, -0.25) is 0 Å². The van der Waals surface area contributed by atoms with Crippen molar-refractivity contribution in [1.82, 2.24) is 0 Å². The SMILES string of the molecule is CC1CCCC1C(N)c1ccc2c(c1)OCCCO2. The van der Waals surface area contributed by atoms with Crippen molar-refractivity contribution in [3.8, 4) is 11.5 Å². The Balaban J connectivity index is 1.82. The fourth-order valence-corrected chi connectivity index (χ4v) is 3.34. The second-order valence-electron chi connectivity index (χ2n) is 5.85. The lowest BCUT2D eigenvalue weighted by Gasteiger charge is -2.24. The van der Waals surface area contributed by atoms with Crippen LogP contribution in [0.4, 0.5) is 0 Å². The summed E-state index contributed by atoms with van der Waals surface area (Å²) >= 11 is 0. The first-order valence-electron chi connectivity index (χ1n) is 7.41. The Morgan fingerprint density at radius 3 is 2.63 bits per heavy atom. The predicted molar refractivity (Wildman–Crippen MR) is 75.5 cm³/mol. The Kier molecular flexibility index (Phi) is 3.65. The van der Waals surface area contributed by atoms with E-state index in [0.717, 1.165) is 37.1 Å². The van der Waals surface area contributed by atoms with Gasteiger partial charge in [0.2, 0.25) is 0 Å². The summed E-state index contributed by atoms with van der Waals surface area (Å²) < 4.78 is 11.4. The van der Waals surface area contributed by atoms with Crippen LogP contribution in [-0.4, -0.2) is 13.2 Å². The van der Waals surface area contributed by atoms with E-state index in [1.165, 1.54) is 24.8 Å². The molecule has 1 aliphatic carbocycles. The van der Waals surface area contributed by atoms with E-state index in [2.05, 4.69) is 19.1 Å². The molecule has 3 heteroatoms. The number of fused-ring (bicyclic) bond motifs is 1. The molecule has 1 aliphatic heterocycles. The molecule has 2 aliphatic rings. The molecule has 3 atom stereocenters. The van der Waals surface area contributed by atoms with E-state index in [1.807, 2.05) is 6.07 Å². The second-order valence-corrected chi connectivity index (χ2v) is 5.85. The van der Waals surface area contributed by atoms with Crippen molar-refractivity contribution in [3.05, 3.63) is 23.8 Å². The minimum Gasteiger partial charge on any atom is -0.490 e. The van der Waals surface area contributed by atoms with Crippen molar-refractivity contribution in [1.29, 1.82) is 0 Å². The van der Waals surface area contributed by atoms with E-state index in [1.54, 1.807) is 0 Å². The molecule has 104 valence electrons. The average Bonchev–Trinajstić information content (AvgIpc) is 2.72. The summed E-state index contributed by atoms with van der Waals surface area (Å²) in [6.45, 7) is 3.78. The van der Waals surface area contributed by atoms with Gasteiger partial charge in [0.25, 0.3) is 0 Å². The molecule has 1 saturated carbocycles. The summed E-state index contributed by atoms with van der Waals surface area (Å²) in [6.07, 6.45) is 4.81. The van der Waals surface area contributed by atoms with Crippen LogP contribution in [0, 0.1) is 11.8 Å². The number of hydrogen-bond donors (Lipinski definition) is 1. The van der Waals surface area contributed by atoms with Crippen molar-refractivity contribution in [2.45, 2.75) is 38.6 Å². The molecule has 1 fully saturated rings. The highest BCUT2D eigenvalue weighted by Gasteiger charge is 2.30. The van der Waals surface area contributed by atoms with Gasteiger partial charge >= 0.3 is 0 Å². The van der Waals surface area contributed by atoms with Crippen molar-refractivity contribution in [3.63, 3.8) is 0 Å². The molecule has 0 radical (unpaired) electrons. The fourth-order valence-electron chi connectivity index (χ4n) is 3.34. The molecule has 2 N–H and O–H groups in total. The molecule has 0 spiro atoms. The third-order valence-corrected chi connectivity index (χ3v) is 4.55. The summed E-state index contributed by atoms with van der Waals surface area (Å²) in [5.74, 6) is 3.04. The summed E-state index contributed by atoms with van der Waals surface area (Å²) in [4.78, 5) is 0. The van der Waals surface area contributed by atoms with Crippen LogP contribution in [0.1, 0.15) is 44.2 Å². The van der Waals surface area contributed by atoms with E-state index in [-0.39, 0.29) is 6.04 Å². The topological polar surface area (TPSA) is 44.5 Å². The van der Waals surface area contributed by atoms with Crippen LogP contribution in [0.2, 0.25) is 0 Å². The van der Waals surface area contributed by atoms with Crippen LogP contribution in [-0.2, 0) is 0 Å². The highest BCUT2D eigenvalue weighted by molar-refractivity contribution is 5.44. The lowest BCUT2D eigenvalue weighted by atomic mass is 9.86. The average molecular weight is 261 g/mol. The molecule has 0 aromatic heterocycles. The van der Waals surface area contributed by atoms with Crippen molar-refractivity contribution >= 4 is 0 Å². The van der Waals surface area contributed by atoms with Gasteiger partial charge in [-0.15, -0.1) is 0 Å². The molecule has 0 amide bonds. The van der Waals surface area contributed by atoms with Crippen LogP contribution in [0.5, 0.6) is 11.5 Å². The summed E-state index contributed by atoms with van der Waals surface area (Å²) in [6, 6.07) is 6.31. The minimum atomic E-state index is 0.120. The van der Waals surface area contributed by atoms with Gasteiger partial charge < -0.3 is 15.2 Å². The molecule has 0 bridgehead atoms. The van der Waals surface area contributed by atoms with Gasteiger partial charge in [-0.25, -0.2) is 0 Å². The monoisotopic (exact) mass is 261 g/mol. The third kappa shape index (κ3) is 2.57. The molecular weight excluding hydrogens is 238 g/mol. The van der Waals surface area contributed by atoms with Crippen LogP contribution < -0.4 is 15.2 Å². The molecule has 19 heavy (non-hydrogen) atoms. The predicted octanol–water partition coefficient (Wildman–Crippen LogP) is 3.28. The zero-order chi connectivity index (χ0) is 13.2. The molecule has 1 aromatic carbocycles. The fraction of sp³-hybridized carbons (Fsp3) is 0.625. The van der Waals surface area contributed by atoms with Gasteiger partial charge in [0.1, 0.15) is 0 Å². The first kappa shape index (κ1) is 12.8. The highest BCUT2D eigenvalue weighted by Crippen LogP contribution is 2.40. The largest absolute Gasteiger partial charge is 0.490 e. The van der Waals surface area contributed by atoms with Crippen molar-refractivity contribution in [2.75, 3.05) is 13.2 Å². The third-order valence-electron chi connectivity index (χ3n) is 4.55. The van der Waals surface area contributed by atoms with E-state index in [0.29, 0.717) is 5.92 Å². The Labute approximate surface area is 115 Å². The zero-order valence-corrected chi connectivity index (χ0v) is 11.6. The van der Waals surface area contributed by atoms with E-state index in [9.17, 15) is 0 Å². The second kappa shape index (κ2) is 5.41. The Morgan fingerprint density at radius 2 is 1.89 bits per heavy atom. The normalized spacial score (nSPS) is 27.9. The van der Waals surface area contributed by atoms with E-state index < -0.39 is 0 Å². The number of ether oxygens (including phenoxy) is 2. The smallest absolute Gasteiger partial charge is 0.161 e. The van der Waals surface area contributed by atoms with Gasteiger partial charge in [0.15, 0.2) is 11.5 Å². The van der Waals surface area contributed by atoms with Gasteiger partial charge in [-0.05, 0) is 36.0 Å². The van der Waals surface area contributed by atoms with Crippen LogP contribution >= 0.6 is 0 Å². The quantitative estimate of drug-likeness (QED) is 0.888. The lowest BCUT2D eigenvalue weighted by Crippen LogP contribution is -2.23. The van der Waals surface area contributed by atoms with Gasteiger partial charge in [-0.1, -0.05) is 25.8 Å². The maximum Gasteiger partial charge on any atom is 0.161 e. The van der Waals surface area contributed by atoms with Gasteiger partial charge in [0, 0.05) is 12.5 Å². The summed E-state index contributed by atoms with van der Waals surface area (Å²) in [5, 5.41) is 0. The maximum absolute atomic E-state index is 6.47. The Hall–Kier alpha value is -1.22. The number of nitrogens with two attached hydrogens (primary N) is 1.